The minimum absolute atomic E-state index is 0.0956. The van der Waals surface area contributed by atoms with Crippen molar-refractivity contribution in [2.24, 2.45) is 0 Å². The average molecular weight is 433 g/mol. The quantitative estimate of drug-likeness (QED) is 0.281. The van der Waals surface area contributed by atoms with E-state index < -0.39 is 0 Å². The number of nitrogens with one attached hydrogen (secondary N) is 2. The molecule has 1 aliphatic rings. The molecule has 3 aromatic heterocycles. The molecule has 0 saturated heterocycles. The molecule has 3 N–H and O–H groups in total. The van der Waals surface area contributed by atoms with E-state index in [1.54, 1.807) is 6.20 Å². The molecule has 0 bridgehead atoms. The number of H-pyrrole nitrogens is 1. The van der Waals surface area contributed by atoms with Gasteiger partial charge in [-0.25, -0.2) is 9.97 Å². The van der Waals surface area contributed by atoms with E-state index in [1.807, 2.05) is 18.2 Å². The van der Waals surface area contributed by atoms with Gasteiger partial charge in [-0.1, -0.05) is 48.5 Å². The van der Waals surface area contributed by atoms with Crippen LogP contribution in [0.1, 0.15) is 36.4 Å². The number of aromatic amines is 1. The number of aromatic nitrogens is 5. The van der Waals surface area contributed by atoms with Gasteiger partial charge in [0.15, 0.2) is 16.5 Å². The number of nitrogens with zero attached hydrogens (tertiary/aromatic N) is 4. The van der Waals surface area contributed by atoms with Gasteiger partial charge in [0.25, 0.3) is 0 Å². The number of pyridine rings is 1. The maximum Gasteiger partial charge on any atom is 0.190 e. The van der Waals surface area contributed by atoms with Crippen molar-refractivity contribution in [1.29, 1.82) is 0 Å². The molecule has 1 saturated carbocycles. The first-order valence-corrected chi connectivity index (χ1v) is 11.5. The summed E-state index contributed by atoms with van der Waals surface area (Å²) in [7, 11) is 0. The number of hydrogen-bond acceptors (Lipinski definition) is 7. The summed E-state index contributed by atoms with van der Waals surface area (Å²) < 4.78 is 0. The number of rotatable bonds is 8. The topological polar surface area (TPSA) is 99.6 Å². The van der Waals surface area contributed by atoms with Crippen molar-refractivity contribution < 1.29 is 5.11 Å². The summed E-state index contributed by atoms with van der Waals surface area (Å²) in [5, 5.41) is 21.0. The summed E-state index contributed by atoms with van der Waals surface area (Å²) in [6, 6.07) is 14.3. The van der Waals surface area contributed by atoms with Gasteiger partial charge in [-0.15, -0.1) is 0 Å². The third-order valence-electron chi connectivity index (χ3n) is 5.62. The molecule has 31 heavy (non-hydrogen) atoms. The van der Waals surface area contributed by atoms with Gasteiger partial charge in [0.1, 0.15) is 5.52 Å². The first-order valence-electron chi connectivity index (χ1n) is 10.6. The first kappa shape index (κ1) is 20.0. The van der Waals surface area contributed by atoms with E-state index in [1.165, 1.54) is 31.0 Å². The summed E-state index contributed by atoms with van der Waals surface area (Å²) >= 11 is 1.46. The number of hydrogen-bond donors (Lipinski definition) is 3. The van der Waals surface area contributed by atoms with E-state index in [0.717, 1.165) is 39.4 Å². The highest BCUT2D eigenvalue weighted by Crippen LogP contribution is 2.39. The fraction of sp³-hybridized carbons (Fsp3) is 0.304. The zero-order valence-corrected chi connectivity index (χ0v) is 17.9. The lowest BCUT2D eigenvalue weighted by atomic mass is 9.82. The van der Waals surface area contributed by atoms with E-state index in [2.05, 4.69) is 49.7 Å². The molecule has 0 spiro atoms. The molecule has 0 amide bonds. The highest BCUT2D eigenvalue weighted by molar-refractivity contribution is 7.99. The normalized spacial score (nSPS) is 14.0. The third-order valence-corrected chi connectivity index (χ3v) is 6.44. The lowest BCUT2D eigenvalue weighted by molar-refractivity contribution is 0.322. The van der Waals surface area contributed by atoms with E-state index in [0.29, 0.717) is 23.4 Å². The number of anilines is 1. The summed E-state index contributed by atoms with van der Waals surface area (Å²) in [5.74, 6) is 1.79. The molecule has 0 atom stereocenters. The van der Waals surface area contributed by atoms with Crippen LogP contribution in [0.2, 0.25) is 0 Å². The molecule has 1 aromatic carbocycles. The van der Waals surface area contributed by atoms with E-state index in [4.69, 9.17) is 4.98 Å². The van der Waals surface area contributed by atoms with Gasteiger partial charge >= 0.3 is 0 Å². The lowest BCUT2D eigenvalue weighted by Gasteiger charge is -2.23. The molecular weight excluding hydrogens is 408 g/mol. The Kier molecular flexibility index (Phi) is 5.82. The van der Waals surface area contributed by atoms with Crippen molar-refractivity contribution in [3.63, 3.8) is 0 Å². The summed E-state index contributed by atoms with van der Waals surface area (Å²) in [5.41, 5.74) is 5.98. The predicted molar refractivity (Wildman–Crippen MR) is 123 cm³/mol. The highest BCUT2D eigenvalue weighted by Gasteiger charge is 2.26. The first-order chi connectivity index (χ1) is 15.3. The van der Waals surface area contributed by atoms with Gasteiger partial charge in [0.05, 0.1) is 18.0 Å². The van der Waals surface area contributed by atoms with Gasteiger partial charge in [0, 0.05) is 30.0 Å². The largest absolute Gasteiger partial charge is 0.396 e. The Morgan fingerprint density at radius 3 is 2.65 bits per heavy atom. The SMILES string of the molecule is OCCSc1nc(NCc2ccc(-c3ccccn3)cc2)c2n[nH]c(C3CCC3)c2n1. The Hall–Kier alpha value is -2.97. The maximum absolute atomic E-state index is 9.20. The van der Waals surface area contributed by atoms with Crippen LogP contribution in [-0.2, 0) is 6.54 Å². The van der Waals surface area contributed by atoms with Gasteiger partial charge in [-0.05, 0) is 30.5 Å². The third kappa shape index (κ3) is 4.26. The molecular formula is C23H24N6OS. The number of fused-ring (bicyclic) bond motifs is 1. The van der Waals surface area contributed by atoms with Crippen molar-refractivity contribution in [3.8, 4) is 11.3 Å². The lowest BCUT2D eigenvalue weighted by Crippen LogP contribution is -2.10. The average Bonchev–Trinajstić information content (AvgIpc) is 3.19. The molecule has 5 rings (SSSR count). The van der Waals surface area contributed by atoms with Crippen molar-refractivity contribution >= 4 is 28.6 Å². The smallest absolute Gasteiger partial charge is 0.190 e. The Morgan fingerprint density at radius 1 is 1.06 bits per heavy atom. The zero-order valence-electron chi connectivity index (χ0n) is 17.1. The molecule has 158 valence electrons. The minimum Gasteiger partial charge on any atom is -0.396 e. The Bertz CT molecular complexity index is 1160. The van der Waals surface area contributed by atoms with Crippen LogP contribution in [0.4, 0.5) is 5.82 Å². The van der Waals surface area contributed by atoms with Gasteiger partial charge in [-0.3, -0.25) is 10.1 Å². The predicted octanol–water partition coefficient (Wildman–Crippen LogP) is 4.38. The van der Waals surface area contributed by atoms with Gasteiger partial charge < -0.3 is 10.4 Å². The van der Waals surface area contributed by atoms with E-state index in [-0.39, 0.29) is 6.61 Å². The molecule has 7 nitrogen and oxygen atoms in total. The second-order valence-corrected chi connectivity index (χ2v) is 8.72. The second-order valence-electron chi connectivity index (χ2n) is 7.65. The van der Waals surface area contributed by atoms with Crippen LogP contribution in [0.5, 0.6) is 0 Å². The molecule has 3 heterocycles. The number of benzene rings is 1. The number of aliphatic hydroxyl groups excluding tert-OH is 1. The fourth-order valence-electron chi connectivity index (χ4n) is 3.72. The molecule has 0 radical (unpaired) electrons. The summed E-state index contributed by atoms with van der Waals surface area (Å²) in [4.78, 5) is 13.8. The Morgan fingerprint density at radius 2 is 1.94 bits per heavy atom. The Labute approximate surface area is 184 Å². The molecule has 0 unspecified atom stereocenters. The second kappa shape index (κ2) is 9.03. The molecule has 1 fully saturated rings. The van der Waals surface area contributed by atoms with Crippen molar-refractivity contribution in [3.05, 3.63) is 59.9 Å². The number of aliphatic hydroxyl groups is 1. The van der Waals surface area contributed by atoms with Gasteiger partial charge in [0.2, 0.25) is 0 Å². The van der Waals surface area contributed by atoms with Gasteiger partial charge in [-0.2, -0.15) is 5.10 Å². The van der Waals surface area contributed by atoms with Crippen LogP contribution in [-0.4, -0.2) is 42.6 Å². The molecule has 1 aliphatic carbocycles. The van der Waals surface area contributed by atoms with Crippen LogP contribution >= 0.6 is 11.8 Å². The van der Waals surface area contributed by atoms with Crippen molar-refractivity contribution in [2.75, 3.05) is 17.7 Å². The van der Waals surface area contributed by atoms with Crippen LogP contribution in [0.3, 0.4) is 0 Å². The fourth-order valence-corrected chi connectivity index (χ4v) is 4.30. The minimum atomic E-state index is 0.0956. The van der Waals surface area contributed by atoms with E-state index >= 15 is 0 Å². The molecule has 0 aliphatic heterocycles. The summed E-state index contributed by atoms with van der Waals surface area (Å²) in [6.07, 6.45) is 5.40. The maximum atomic E-state index is 9.20. The standard InChI is InChI=1S/C23H24N6OS/c30-12-13-31-23-26-20-19(17-4-3-5-17)28-29-21(20)22(27-23)25-14-15-7-9-16(10-8-15)18-6-1-2-11-24-18/h1-2,6-11,17,30H,3-5,12-14H2,(H,28,29)(H,25,26,27). The number of thioether (sulfide) groups is 1. The Balaban J connectivity index is 1.38. The highest BCUT2D eigenvalue weighted by atomic mass is 32.2. The van der Waals surface area contributed by atoms with Crippen molar-refractivity contribution in [1.82, 2.24) is 25.1 Å². The molecule has 4 aromatic rings. The summed E-state index contributed by atoms with van der Waals surface area (Å²) in [6.45, 7) is 0.725. The monoisotopic (exact) mass is 432 g/mol. The van der Waals surface area contributed by atoms with Crippen LogP contribution < -0.4 is 5.32 Å². The molecule has 8 heteroatoms. The van der Waals surface area contributed by atoms with Crippen LogP contribution in [0.25, 0.3) is 22.3 Å². The van der Waals surface area contributed by atoms with Crippen LogP contribution in [0, 0.1) is 0 Å². The zero-order chi connectivity index (χ0) is 21.0. The van der Waals surface area contributed by atoms with E-state index in [9.17, 15) is 5.11 Å². The van der Waals surface area contributed by atoms with Crippen molar-refractivity contribution in [2.45, 2.75) is 36.9 Å². The van der Waals surface area contributed by atoms with Crippen LogP contribution in [0.15, 0.2) is 53.8 Å².